The Bertz CT molecular complexity index is 260. The van der Waals surface area contributed by atoms with Gasteiger partial charge in [-0.25, -0.2) is 0 Å². The van der Waals surface area contributed by atoms with Gasteiger partial charge in [0.15, 0.2) is 5.78 Å². The first kappa shape index (κ1) is 6.93. The fourth-order valence-corrected chi connectivity index (χ4v) is 0.739. The van der Waals surface area contributed by atoms with E-state index in [9.17, 15) is 4.79 Å². The molecule has 0 aliphatic heterocycles. The summed E-state index contributed by atoms with van der Waals surface area (Å²) in [5.41, 5.74) is 1.42. The van der Waals surface area contributed by atoms with E-state index in [1.807, 2.05) is 19.1 Å². The molecule has 0 radical (unpaired) electrons. The van der Waals surface area contributed by atoms with Gasteiger partial charge in [0.1, 0.15) is 5.69 Å². The summed E-state index contributed by atoms with van der Waals surface area (Å²) in [6.45, 7) is 3.38. The summed E-state index contributed by atoms with van der Waals surface area (Å²) in [4.78, 5) is 14.8. The lowest BCUT2D eigenvalue weighted by Gasteiger charge is -1.93. The maximum Gasteiger partial charge on any atom is 0.178 e. The van der Waals surface area contributed by atoms with E-state index < -0.39 is 0 Å². The summed E-state index contributed by atoms with van der Waals surface area (Å²) >= 11 is 0. The smallest absolute Gasteiger partial charge is 0.178 e. The molecule has 54 valence electrons. The predicted octanol–water partition coefficient (Wildman–Crippen LogP) is 1.84. The van der Waals surface area contributed by atoms with Crippen LogP contribution in [-0.2, 0) is 0 Å². The van der Waals surface area contributed by atoms with Crippen molar-refractivity contribution in [2.24, 2.45) is 0 Å². The zero-order valence-corrected chi connectivity index (χ0v) is 6.09. The average Bonchev–Trinajstić information content (AvgIpc) is 1.88. The summed E-state index contributed by atoms with van der Waals surface area (Å²) < 4.78 is 0. The second kappa shape index (κ2) is 2.60. The molecule has 0 amide bonds. The molecule has 0 atom stereocenters. The summed E-state index contributed by atoms with van der Waals surface area (Å²) in [7, 11) is 0. The van der Waals surface area contributed by atoms with E-state index in [0.29, 0.717) is 5.69 Å². The van der Waals surface area contributed by atoms with Crippen molar-refractivity contribution in [2.45, 2.75) is 13.8 Å². The van der Waals surface area contributed by atoms with Gasteiger partial charge in [-0.2, -0.15) is 0 Å². The molecule has 0 unspecified atom stereocenters. The van der Waals surface area contributed by atoms with Crippen molar-refractivity contribution in [1.82, 2.24) is 4.98 Å². The molecule has 2 nitrogen and oxygen atoms in total. The minimum atomic E-state index is 0. The van der Waals surface area contributed by atoms with Crippen LogP contribution in [-0.4, -0.2) is 10.8 Å². The first-order valence-electron chi connectivity index (χ1n) is 3.15. The monoisotopic (exact) mass is 137 g/mol. The highest BCUT2D eigenvalue weighted by molar-refractivity contribution is 5.91. The topological polar surface area (TPSA) is 30.0 Å². The Balaban J connectivity index is 0.000001000. The normalized spacial score (nSPS) is 9.40. The first-order valence-corrected chi connectivity index (χ1v) is 3.15. The van der Waals surface area contributed by atoms with E-state index in [1.165, 1.54) is 6.92 Å². The van der Waals surface area contributed by atoms with Gasteiger partial charge in [-0.15, -0.1) is 0 Å². The molecule has 0 aliphatic rings. The van der Waals surface area contributed by atoms with Crippen molar-refractivity contribution in [3.8, 4) is 0 Å². The minimum absolute atomic E-state index is 0. The Morgan fingerprint density at radius 3 is 2.70 bits per heavy atom. The SMILES string of the molecule is CC(=O)c1cccc(C)n1.[HH]. The molecule has 0 saturated carbocycles. The van der Waals surface area contributed by atoms with Crippen molar-refractivity contribution in [3.63, 3.8) is 0 Å². The Labute approximate surface area is 61.4 Å². The molecule has 0 spiro atoms. The van der Waals surface area contributed by atoms with Crippen molar-refractivity contribution in [2.75, 3.05) is 0 Å². The molecular weight excluding hydrogens is 126 g/mol. The summed E-state index contributed by atoms with van der Waals surface area (Å²) in [5, 5.41) is 0. The fraction of sp³-hybridized carbons (Fsp3) is 0.250. The number of carbonyl (C=O) groups is 1. The maximum absolute atomic E-state index is 10.7. The number of aryl methyl sites for hydroxylation is 1. The molecule has 1 heterocycles. The number of pyridine rings is 1. The van der Waals surface area contributed by atoms with Gasteiger partial charge in [-0.3, -0.25) is 9.78 Å². The zero-order chi connectivity index (χ0) is 7.56. The number of hydrogen-bond donors (Lipinski definition) is 0. The van der Waals surface area contributed by atoms with Crippen molar-refractivity contribution in [1.29, 1.82) is 0 Å². The largest absolute Gasteiger partial charge is 0.293 e. The summed E-state index contributed by atoms with van der Waals surface area (Å²) in [5.74, 6) is 0.0173. The maximum atomic E-state index is 10.7. The number of nitrogens with zero attached hydrogens (tertiary/aromatic N) is 1. The second-order valence-corrected chi connectivity index (χ2v) is 2.22. The van der Waals surface area contributed by atoms with Crippen molar-refractivity contribution in [3.05, 3.63) is 29.6 Å². The van der Waals surface area contributed by atoms with Crippen molar-refractivity contribution < 1.29 is 6.22 Å². The predicted molar refractivity (Wildman–Crippen MR) is 41.1 cm³/mol. The summed E-state index contributed by atoms with van der Waals surface area (Å²) in [6.07, 6.45) is 0. The Hall–Kier alpha value is -1.18. The van der Waals surface area contributed by atoms with Gasteiger partial charge in [0.2, 0.25) is 0 Å². The van der Waals surface area contributed by atoms with Gasteiger partial charge in [0, 0.05) is 14.0 Å². The first-order chi connectivity index (χ1) is 4.70. The molecule has 0 saturated heterocycles. The number of carbonyl (C=O) groups excluding carboxylic acids is 1. The van der Waals surface area contributed by atoms with Crippen LogP contribution in [0, 0.1) is 6.92 Å². The number of ketones is 1. The van der Waals surface area contributed by atoms with Gasteiger partial charge in [-0.1, -0.05) is 6.07 Å². The highest BCUT2D eigenvalue weighted by Gasteiger charge is 1.97. The van der Waals surface area contributed by atoms with E-state index >= 15 is 0 Å². The van der Waals surface area contributed by atoms with E-state index in [2.05, 4.69) is 4.98 Å². The number of aromatic nitrogens is 1. The van der Waals surface area contributed by atoms with Gasteiger partial charge in [-0.05, 0) is 19.1 Å². The Morgan fingerprint density at radius 1 is 1.60 bits per heavy atom. The van der Waals surface area contributed by atoms with Crippen LogP contribution >= 0.6 is 0 Å². The average molecular weight is 137 g/mol. The van der Waals surface area contributed by atoms with Gasteiger partial charge < -0.3 is 0 Å². The van der Waals surface area contributed by atoms with Crippen LogP contribution < -0.4 is 0 Å². The lowest BCUT2D eigenvalue weighted by Crippen LogP contribution is -1.96. The third-order valence-electron chi connectivity index (χ3n) is 1.25. The van der Waals surface area contributed by atoms with Crippen LogP contribution in [0.3, 0.4) is 0 Å². The number of Topliss-reactive ketones (excluding diaryl/α,β-unsaturated/α-hetero) is 1. The highest BCUT2D eigenvalue weighted by Crippen LogP contribution is 1.97. The van der Waals surface area contributed by atoms with E-state index in [1.54, 1.807) is 6.07 Å². The Morgan fingerprint density at radius 2 is 2.30 bits per heavy atom. The summed E-state index contributed by atoms with van der Waals surface area (Å²) in [6, 6.07) is 5.42. The van der Waals surface area contributed by atoms with Gasteiger partial charge in [0.25, 0.3) is 0 Å². The van der Waals surface area contributed by atoms with Crippen LogP contribution in [0.4, 0.5) is 0 Å². The lowest BCUT2D eigenvalue weighted by molar-refractivity contribution is 0.101. The second-order valence-electron chi connectivity index (χ2n) is 2.22. The van der Waals surface area contributed by atoms with Crippen LogP contribution in [0.1, 0.15) is 24.5 Å². The molecule has 0 fully saturated rings. The third kappa shape index (κ3) is 1.41. The molecule has 0 aliphatic carbocycles. The Kier molecular flexibility index (Phi) is 1.81. The van der Waals surface area contributed by atoms with Crippen LogP contribution in [0.2, 0.25) is 0 Å². The van der Waals surface area contributed by atoms with Gasteiger partial charge in [0.05, 0.1) is 0 Å². The zero-order valence-electron chi connectivity index (χ0n) is 6.09. The number of rotatable bonds is 1. The standard InChI is InChI=1S/C8H9NO.H2/c1-6-4-3-5-8(9-6)7(2)10;/h3-5H,1-2H3;1H. The molecule has 1 aromatic rings. The van der Waals surface area contributed by atoms with Gasteiger partial charge >= 0.3 is 0 Å². The molecule has 0 N–H and O–H groups in total. The van der Waals surface area contributed by atoms with E-state index in [4.69, 9.17) is 0 Å². The molecule has 1 aromatic heterocycles. The van der Waals surface area contributed by atoms with E-state index in [0.717, 1.165) is 5.69 Å². The quantitative estimate of drug-likeness (QED) is 0.553. The fourth-order valence-electron chi connectivity index (χ4n) is 0.739. The molecule has 10 heavy (non-hydrogen) atoms. The number of hydrogen-bond acceptors (Lipinski definition) is 2. The molecule has 1 rings (SSSR count). The lowest BCUT2D eigenvalue weighted by atomic mass is 10.2. The van der Waals surface area contributed by atoms with E-state index in [-0.39, 0.29) is 7.21 Å². The third-order valence-corrected chi connectivity index (χ3v) is 1.25. The van der Waals surface area contributed by atoms with Crippen molar-refractivity contribution >= 4 is 5.78 Å². The molecule has 0 aromatic carbocycles. The van der Waals surface area contributed by atoms with Crippen LogP contribution in [0.15, 0.2) is 18.2 Å². The highest BCUT2D eigenvalue weighted by atomic mass is 16.1. The molecule has 2 heteroatoms. The molecule has 0 bridgehead atoms. The van der Waals surface area contributed by atoms with Crippen LogP contribution in [0.5, 0.6) is 0 Å². The minimum Gasteiger partial charge on any atom is -0.293 e. The molecular formula is C8H11NO. The van der Waals surface area contributed by atoms with Crippen LogP contribution in [0.25, 0.3) is 0 Å².